The van der Waals surface area contributed by atoms with Crippen LogP contribution < -0.4 is 0 Å². The molecule has 0 heterocycles. The third-order valence-electron chi connectivity index (χ3n) is 2.24. The van der Waals surface area contributed by atoms with E-state index in [2.05, 4.69) is 21.1 Å². The van der Waals surface area contributed by atoms with Crippen molar-refractivity contribution in [3.8, 4) is 0 Å². The van der Waals surface area contributed by atoms with Crippen LogP contribution >= 0.6 is 0 Å². The number of quaternary nitrogens is 1. The number of hydrogen-bond donors (Lipinski definition) is 0. The van der Waals surface area contributed by atoms with Crippen molar-refractivity contribution in [2.75, 3.05) is 49.0 Å². The molecular weight excluding hydrogens is 285 g/mol. The third kappa shape index (κ3) is 15.8. The Kier molecular flexibility index (Phi) is 9.91. The minimum Gasteiger partial charge on any atom is -0.418 e. The summed E-state index contributed by atoms with van der Waals surface area (Å²) >= 11 is 0. The highest BCUT2D eigenvalue weighted by Crippen LogP contribution is 2.15. The van der Waals surface area contributed by atoms with Gasteiger partial charge >= 0.3 is 16.1 Å². The van der Waals surface area contributed by atoms with Crippen molar-refractivity contribution in [3.05, 3.63) is 0 Å². The van der Waals surface area contributed by atoms with E-state index in [4.69, 9.17) is 13.3 Å². The highest BCUT2D eigenvalue weighted by atomic mass is 28.4. The van der Waals surface area contributed by atoms with Crippen molar-refractivity contribution in [3.63, 3.8) is 0 Å². The molecule has 0 aromatic carbocycles. The molecule has 0 fully saturated rings. The van der Waals surface area contributed by atoms with Crippen LogP contribution in [0.5, 0.6) is 0 Å². The summed E-state index contributed by atoms with van der Waals surface area (Å²) in [5.41, 5.74) is 0. The summed E-state index contributed by atoms with van der Waals surface area (Å²) in [4.78, 5) is 0. The van der Waals surface area contributed by atoms with Gasteiger partial charge < -0.3 is 35.0 Å². The zero-order chi connectivity index (χ0) is 15.7. The van der Waals surface area contributed by atoms with Crippen molar-refractivity contribution < 1.29 is 35.0 Å². The molecule has 0 N–H and O–H groups in total. The lowest BCUT2D eigenvalue weighted by atomic mass is 10.3. The van der Waals surface area contributed by atoms with Crippen LogP contribution in [0.25, 0.3) is 0 Å². The lowest BCUT2D eigenvalue weighted by Gasteiger charge is -2.27. The van der Waals surface area contributed by atoms with Crippen LogP contribution in [-0.2, 0) is 13.3 Å². The molecule has 0 aliphatic carbocycles. The van der Waals surface area contributed by atoms with Crippen molar-refractivity contribution in [1.82, 2.24) is 0 Å². The molecule has 0 aliphatic rings. The van der Waals surface area contributed by atoms with Gasteiger partial charge in [0.2, 0.25) is 0 Å². The second-order valence-electron chi connectivity index (χ2n) is 4.91. The van der Waals surface area contributed by atoms with Crippen molar-refractivity contribution in [2.45, 2.75) is 12.5 Å². The van der Waals surface area contributed by atoms with E-state index in [1.165, 1.54) is 0 Å². The summed E-state index contributed by atoms with van der Waals surface area (Å²) in [5, 5.41) is 0. The van der Waals surface area contributed by atoms with Crippen molar-refractivity contribution in [2.24, 2.45) is 0 Å². The summed E-state index contributed by atoms with van der Waals surface area (Å²) in [5.74, 6) is 0. The number of rotatable bonds is 7. The highest BCUT2D eigenvalue weighted by molar-refractivity contribution is 6.60. The van der Waals surface area contributed by atoms with E-state index in [1.807, 2.05) is 0 Å². The van der Waals surface area contributed by atoms with Gasteiger partial charge in [0.25, 0.3) is 0 Å². The van der Waals surface area contributed by atoms with E-state index in [0.29, 0.717) is 0 Å². The lowest BCUT2D eigenvalue weighted by molar-refractivity contribution is -0.870. The van der Waals surface area contributed by atoms with Crippen LogP contribution in [0.3, 0.4) is 0 Å². The Morgan fingerprint density at radius 1 is 0.895 bits per heavy atom. The first-order valence-corrected chi connectivity index (χ1v) is 7.65. The SMILES string of the molecule is CO[Si](CCC[N+](C)(C)C)(OC)OC.F[B-](F)(F)F. The van der Waals surface area contributed by atoms with E-state index < -0.39 is 16.1 Å². The van der Waals surface area contributed by atoms with E-state index in [9.17, 15) is 17.3 Å². The fourth-order valence-electron chi connectivity index (χ4n) is 1.33. The molecule has 0 aromatic rings. The van der Waals surface area contributed by atoms with Gasteiger partial charge in [-0.2, -0.15) is 0 Å². The average Bonchev–Trinajstić information content (AvgIpc) is 2.21. The van der Waals surface area contributed by atoms with Gasteiger partial charge in [0.1, 0.15) is 0 Å². The summed E-state index contributed by atoms with van der Waals surface area (Å²) < 4.78 is 56.0. The minimum atomic E-state index is -6.00. The van der Waals surface area contributed by atoms with E-state index in [1.54, 1.807) is 21.3 Å². The van der Waals surface area contributed by atoms with E-state index >= 15 is 0 Å². The summed E-state index contributed by atoms with van der Waals surface area (Å²) in [6, 6.07) is 0.881. The molecule has 0 saturated carbocycles. The van der Waals surface area contributed by atoms with Crippen molar-refractivity contribution in [1.29, 1.82) is 0 Å². The zero-order valence-electron chi connectivity index (χ0n) is 12.4. The first-order chi connectivity index (χ1) is 8.39. The van der Waals surface area contributed by atoms with Crippen LogP contribution in [0.4, 0.5) is 17.3 Å². The molecule has 0 rings (SSSR count). The minimum absolute atomic E-state index is 0.881. The molecule has 0 unspecified atom stereocenters. The molecule has 0 saturated heterocycles. The first kappa shape index (κ1) is 21.1. The summed E-state index contributed by atoms with van der Waals surface area (Å²) in [6.07, 6.45) is 1.06. The van der Waals surface area contributed by atoms with Crippen LogP contribution in [0, 0.1) is 0 Å². The predicted octanol–water partition coefficient (Wildman–Crippen LogP) is 2.26. The molecule has 118 valence electrons. The molecule has 10 heteroatoms. The monoisotopic (exact) mass is 309 g/mol. The molecule has 19 heavy (non-hydrogen) atoms. The Labute approximate surface area is 113 Å². The lowest BCUT2D eigenvalue weighted by Crippen LogP contribution is -2.44. The topological polar surface area (TPSA) is 27.7 Å². The molecule has 0 aromatic heterocycles. The van der Waals surface area contributed by atoms with Gasteiger partial charge in [0.05, 0.1) is 27.7 Å². The quantitative estimate of drug-likeness (QED) is 0.410. The predicted molar refractivity (Wildman–Crippen MR) is 69.3 cm³/mol. The maximum absolute atomic E-state index is 9.75. The molecule has 0 spiro atoms. The van der Waals surface area contributed by atoms with Gasteiger partial charge in [-0.25, -0.2) is 0 Å². The molecular formula is C9H24BF4NO3Si. The highest BCUT2D eigenvalue weighted by Gasteiger charge is 2.37. The number of halogens is 4. The van der Waals surface area contributed by atoms with Crippen molar-refractivity contribution >= 4 is 16.1 Å². The Morgan fingerprint density at radius 3 is 1.42 bits per heavy atom. The zero-order valence-corrected chi connectivity index (χ0v) is 13.4. The maximum atomic E-state index is 9.75. The first-order valence-electron chi connectivity index (χ1n) is 5.72. The molecule has 4 nitrogen and oxygen atoms in total. The molecule has 0 bridgehead atoms. The van der Waals surface area contributed by atoms with Gasteiger partial charge in [-0.1, -0.05) is 0 Å². The Bertz CT molecular complexity index is 220. The molecule has 0 aliphatic heterocycles. The van der Waals surface area contributed by atoms with Gasteiger partial charge in [-0.3, -0.25) is 0 Å². The second kappa shape index (κ2) is 8.90. The third-order valence-corrected chi connectivity index (χ3v) is 5.08. The normalized spacial score (nSPS) is 12.9. The van der Waals surface area contributed by atoms with Gasteiger partial charge in [0, 0.05) is 33.8 Å². The van der Waals surface area contributed by atoms with E-state index in [0.717, 1.165) is 23.5 Å². The smallest absolute Gasteiger partial charge is 0.418 e. The summed E-state index contributed by atoms with van der Waals surface area (Å²) in [7, 11) is 3.18. The second-order valence-corrected chi connectivity index (χ2v) is 8.00. The summed E-state index contributed by atoms with van der Waals surface area (Å²) in [6.45, 7) is 1.10. The Hall–Kier alpha value is -0.158. The van der Waals surface area contributed by atoms with Gasteiger partial charge in [-0.15, -0.1) is 0 Å². The van der Waals surface area contributed by atoms with Crippen LogP contribution in [0.1, 0.15) is 6.42 Å². The molecule has 0 atom stereocenters. The molecule has 0 radical (unpaired) electrons. The number of nitrogens with zero attached hydrogens (tertiary/aromatic N) is 1. The number of hydrogen-bond acceptors (Lipinski definition) is 3. The average molecular weight is 309 g/mol. The largest absolute Gasteiger partial charge is 0.673 e. The van der Waals surface area contributed by atoms with Gasteiger partial charge in [-0.05, 0) is 0 Å². The Morgan fingerprint density at radius 2 is 1.21 bits per heavy atom. The van der Waals surface area contributed by atoms with Gasteiger partial charge in [0.15, 0.2) is 0 Å². The standard InChI is InChI=1S/C9H24NO3Si.BF4/c1-10(2,3)8-7-9-14(11-4,12-5)13-6;2-1(3,4)5/h7-9H2,1-6H3;/q+1;-1. The van der Waals surface area contributed by atoms with Crippen LogP contribution in [0.15, 0.2) is 0 Å². The Balaban J connectivity index is 0. The molecule has 0 amide bonds. The van der Waals surface area contributed by atoms with E-state index in [-0.39, 0.29) is 0 Å². The maximum Gasteiger partial charge on any atom is 0.673 e. The van der Waals surface area contributed by atoms with Crippen LogP contribution in [-0.4, -0.2) is 69.6 Å². The fourth-order valence-corrected chi connectivity index (χ4v) is 3.03. The van der Waals surface area contributed by atoms with Crippen LogP contribution in [0.2, 0.25) is 6.04 Å². The fraction of sp³-hybridized carbons (Fsp3) is 1.00.